The van der Waals surface area contributed by atoms with Crippen molar-refractivity contribution in [1.29, 1.82) is 0 Å². The molecule has 0 spiro atoms. The third-order valence-corrected chi connectivity index (χ3v) is 1.05. The Morgan fingerprint density at radius 3 is 3.10 bits per heavy atom. The molecule has 1 heterocycles. The maximum absolute atomic E-state index is 9.90. The van der Waals surface area contributed by atoms with Gasteiger partial charge in [-0.2, -0.15) is 0 Å². The lowest BCUT2D eigenvalue weighted by Crippen LogP contribution is -1.96. The minimum atomic E-state index is -0.194. The molecule has 0 amide bonds. The molecule has 0 atom stereocenters. The second-order valence-electron chi connectivity index (χ2n) is 1.84. The number of hydrogen-bond acceptors (Lipinski definition) is 2. The molecule has 1 aromatic heterocycles. The summed E-state index contributed by atoms with van der Waals surface area (Å²) in [5.41, 5.74) is 0. The van der Waals surface area contributed by atoms with Crippen LogP contribution in [0.5, 0.6) is 0 Å². The smallest absolute Gasteiger partial charge is 0.129 e. The monoisotopic (exact) mass is 141 g/mol. The van der Waals surface area contributed by atoms with Gasteiger partial charge in [0.2, 0.25) is 0 Å². The molecule has 0 saturated carbocycles. The minimum absolute atomic E-state index is 0.194. The van der Waals surface area contributed by atoms with Crippen LogP contribution in [0.25, 0.3) is 0 Å². The van der Waals surface area contributed by atoms with Gasteiger partial charge in [-0.25, -0.2) is 5.11 Å². The quantitative estimate of drug-likeness (QED) is 0.592. The zero-order valence-electron chi connectivity index (χ0n) is 5.58. The van der Waals surface area contributed by atoms with Gasteiger partial charge in [0.25, 0.3) is 0 Å². The molecule has 0 aromatic carbocycles. The Morgan fingerprint density at radius 2 is 2.50 bits per heavy atom. The van der Waals surface area contributed by atoms with Gasteiger partial charge >= 0.3 is 0 Å². The summed E-state index contributed by atoms with van der Waals surface area (Å²) in [6.45, 7) is 0.455. The van der Waals surface area contributed by atoms with E-state index in [1.165, 1.54) is 0 Å². The summed E-state index contributed by atoms with van der Waals surface area (Å²) in [5.74, 6) is 0.758. The molecule has 1 aromatic rings. The van der Waals surface area contributed by atoms with Gasteiger partial charge in [0.1, 0.15) is 19.0 Å². The van der Waals surface area contributed by atoms with E-state index in [2.05, 4.69) is 0 Å². The van der Waals surface area contributed by atoms with E-state index in [1.54, 1.807) is 12.3 Å². The van der Waals surface area contributed by atoms with Gasteiger partial charge in [0.05, 0.1) is 12.9 Å². The van der Waals surface area contributed by atoms with E-state index in [-0.39, 0.29) is 13.2 Å². The standard InChI is InChI=1S/C7H9O3/c8-3-5-9-6-7-2-1-4-10-7/h1-2,4H,3,5-6H2. The summed E-state index contributed by atoms with van der Waals surface area (Å²) in [6.07, 6.45) is 1.58. The van der Waals surface area contributed by atoms with E-state index in [0.717, 1.165) is 5.76 Å². The van der Waals surface area contributed by atoms with E-state index in [4.69, 9.17) is 9.15 Å². The van der Waals surface area contributed by atoms with Gasteiger partial charge < -0.3 is 9.15 Å². The fraction of sp³-hybridized carbons (Fsp3) is 0.429. The van der Waals surface area contributed by atoms with E-state index in [0.29, 0.717) is 6.61 Å². The number of rotatable bonds is 4. The van der Waals surface area contributed by atoms with Crippen LogP contribution >= 0.6 is 0 Å². The maximum Gasteiger partial charge on any atom is 0.129 e. The highest BCUT2D eigenvalue weighted by molar-refractivity contribution is 4.95. The summed E-state index contributed by atoms with van der Waals surface area (Å²) in [7, 11) is 0. The van der Waals surface area contributed by atoms with Crippen LogP contribution in [-0.2, 0) is 16.5 Å². The van der Waals surface area contributed by atoms with Crippen molar-refractivity contribution in [2.24, 2.45) is 0 Å². The Balaban J connectivity index is 2.15. The van der Waals surface area contributed by atoms with Crippen LogP contribution in [0.4, 0.5) is 0 Å². The highest BCUT2D eigenvalue weighted by atomic mass is 16.5. The predicted molar refractivity (Wildman–Crippen MR) is 33.9 cm³/mol. The van der Waals surface area contributed by atoms with Crippen LogP contribution in [0.15, 0.2) is 22.8 Å². The van der Waals surface area contributed by atoms with Gasteiger partial charge in [0.15, 0.2) is 0 Å². The van der Waals surface area contributed by atoms with E-state index in [1.807, 2.05) is 6.07 Å². The Labute approximate surface area is 59.2 Å². The molecule has 1 rings (SSSR count). The van der Waals surface area contributed by atoms with E-state index in [9.17, 15) is 5.11 Å². The average Bonchev–Trinajstić information content (AvgIpc) is 2.41. The normalized spacial score (nSPS) is 10.1. The van der Waals surface area contributed by atoms with Crippen molar-refractivity contribution in [2.45, 2.75) is 6.61 Å². The zero-order chi connectivity index (χ0) is 7.23. The lowest BCUT2D eigenvalue weighted by Gasteiger charge is -1.95. The average molecular weight is 141 g/mol. The van der Waals surface area contributed by atoms with Gasteiger partial charge in [0, 0.05) is 0 Å². The molecular formula is C7H9O3. The van der Waals surface area contributed by atoms with Crippen molar-refractivity contribution >= 4 is 0 Å². The molecule has 0 saturated heterocycles. The van der Waals surface area contributed by atoms with Gasteiger partial charge in [-0.15, -0.1) is 0 Å². The van der Waals surface area contributed by atoms with Crippen LogP contribution in [0.3, 0.4) is 0 Å². The summed E-state index contributed by atoms with van der Waals surface area (Å²) >= 11 is 0. The molecule has 3 nitrogen and oxygen atoms in total. The van der Waals surface area contributed by atoms with Crippen LogP contribution in [0.2, 0.25) is 0 Å². The molecule has 3 heteroatoms. The van der Waals surface area contributed by atoms with E-state index < -0.39 is 0 Å². The SMILES string of the molecule is [O]CCOCc1ccco1. The number of furan rings is 1. The molecule has 10 heavy (non-hydrogen) atoms. The summed E-state index contributed by atoms with van der Waals surface area (Å²) in [6, 6.07) is 3.60. The summed E-state index contributed by atoms with van der Waals surface area (Å²) in [5, 5.41) is 9.90. The molecule has 1 radical (unpaired) electrons. The third kappa shape index (κ3) is 2.21. The zero-order valence-corrected chi connectivity index (χ0v) is 5.58. The van der Waals surface area contributed by atoms with Gasteiger partial charge in [-0.05, 0) is 12.1 Å². The van der Waals surface area contributed by atoms with Crippen molar-refractivity contribution < 1.29 is 14.3 Å². The summed E-state index contributed by atoms with van der Waals surface area (Å²) in [4.78, 5) is 0. The fourth-order valence-corrected chi connectivity index (χ4v) is 0.626. The molecule has 0 aliphatic rings. The maximum atomic E-state index is 9.90. The fourth-order valence-electron chi connectivity index (χ4n) is 0.626. The molecular weight excluding hydrogens is 132 g/mol. The highest BCUT2D eigenvalue weighted by Crippen LogP contribution is 2.00. The summed E-state index contributed by atoms with van der Waals surface area (Å²) < 4.78 is 9.87. The largest absolute Gasteiger partial charge is 0.467 e. The van der Waals surface area contributed by atoms with Crippen LogP contribution in [0, 0.1) is 0 Å². The molecule has 0 N–H and O–H groups in total. The lowest BCUT2D eigenvalue weighted by atomic mass is 10.5. The molecule has 0 aliphatic heterocycles. The van der Waals surface area contributed by atoms with Crippen molar-refractivity contribution in [3.8, 4) is 0 Å². The Hall–Kier alpha value is -0.800. The predicted octanol–water partition coefficient (Wildman–Crippen LogP) is 1.23. The first-order valence-corrected chi connectivity index (χ1v) is 3.11. The van der Waals surface area contributed by atoms with Crippen molar-refractivity contribution in [3.63, 3.8) is 0 Å². The van der Waals surface area contributed by atoms with Crippen LogP contribution < -0.4 is 0 Å². The van der Waals surface area contributed by atoms with Gasteiger partial charge in [-0.1, -0.05) is 0 Å². The first-order valence-electron chi connectivity index (χ1n) is 3.11. The molecule has 0 aliphatic carbocycles. The molecule has 0 fully saturated rings. The van der Waals surface area contributed by atoms with Crippen LogP contribution in [0.1, 0.15) is 5.76 Å². The highest BCUT2D eigenvalue weighted by Gasteiger charge is 1.93. The van der Waals surface area contributed by atoms with Crippen molar-refractivity contribution in [2.75, 3.05) is 13.2 Å². The minimum Gasteiger partial charge on any atom is -0.467 e. The second kappa shape index (κ2) is 4.09. The van der Waals surface area contributed by atoms with Crippen LogP contribution in [-0.4, -0.2) is 13.2 Å². The second-order valence-corrected chi connectivity index (χ2v) is 1.84. The molecule has 0 bridgehead atoms. The first-order chi connectivity index (χ1) is 4.93. The van der Waals surface area contributed by atoms with E-state index >= 15 is 0 Å². The first kappa shape index (κ1) is 7.31. The Bertz CT molecular complexity index is 157. The third-order valence-electron chi connectivity index (χ3n) is 1.05. The number of ether oxygens (including phenoxy) is 1. The Morgan fingerprint density at radius 1 is 1.60 bits per heavy atom. The van der Waals surface area contributed by atoms with Crippen molar-refractivity contribution in [1.82, 2.24) is 0 Å². The van der Waals surface area contributed by atoms with Crippen molar-refractivity contribution in [3.05, 3.63) is 24.2 Å². The molecule has 0 unspecified atom stereocenters. The Kier molecular flexibility index (Phi) is 2.99. The topological polar surface area (TPSA) is 42.3 Å². The lowest BCUT2D eigenvalue weighted by molar-refractivity contribution is 0.0476. The number of hydrogen-bond donors (Lipinski definition) is 0. The molecule has 55 valence electrons. The van der Waals surface area contributed by atoms with Gasteiger partial charge in [-0.3, -0.25) is 0 Å².